The van der Waals surface area contributed by atoms with Crippen molar-refractivity contribution in [3.8, 4) is 0 Å². The third-order valence-corrected chi connectivity index (χ3v) is 4.66. The predicted molar refractivity (Wildman–Crippen MR) is 81.9 cm³/mol. The number of hydrogen-bond acceptors (Lipinski definition) is 3. The molecule has 1 aromatic rings. The molecule has 0 aromatic heterocycles. The molecule has 3 rings (SSSR count). The van der Waals surface area contributed by atoms with Crippen LogP contribution in [0.3, 0.4) is 0 Å². The summed E-state index contributed by atoms with van der Waals surface area (Å²) in [7, 11) is 0. The van der Waals surface area contributed by atoms with Crippen molar-refractivity contribution in [3.63, 3.8) is 0 Å². The first-order valence-corrected chi connectivity index (χ1v) is 7.88. The van der Waals surface area contributed by atoms with E-state index in [1.807, 2.05) is 18.2 Å². The van der Waals surface area contributed by atoms with Crippen LogP contribution in [-0.4, -0.2) is 42.6 Å². The Bertz CT molecular complexity index is 485. The lowest BCUT2D eigenvalue weighted by Gasteiger charge is -2.44. The molecule has 1 amide bonds. The van der Waals surface area contributed by atoms with E-state index in [1.54, 1.807) is 0 Å². The zero-order valence-electron chi connectivity index (χ0n) is 12.8. The Morgan fingerprint density at radius 3 is 2.71 bits per heavy atom. The molecule has 0 radical (unpaired) electrons. The van der Waals surface area contributed by atoms with Crippen LogP contribution < -0.4 is 5.32 Å². The molecule has 0 bridgehead atoms. The number of benzene rings is 1. The maximum Gasteiger partial charge on any atom is 0.227 e. The summed E-state index contributed by atoms with van der Waals surface area (Å²) in [4.78, 5) is 14.9. The molecule has 4 heteroatoms. The minimum Gasteiger partial charge on any atom is -0.369 e. The van der Waals surface area contributed by atoms with Gasteiger partial charge in [0.15, 0.2) is 0 Å². The molecule has 0 aliphatic carbocycles. The average molecular weight is 288 g/mol. The molecule has 2 heterocycles. The number of amides is 1. The fraction of sp³-hybridized carbons (Fsp3) is 0.588. The molecule has 4 atom stereocenters. The number of carbonyl (C=O) groups is 1. The topological polar surface area (TPSA) is 41.6 Å². The van der Waals surface area contributed by atoms with Crippen LogP contribution in [0.1, 0.15) is 31.9 Å². The fourth-order valence-corrected chi connectivity index (χ4v) is 3.52. The summed E-state index contributed by atoms with van der Waals surface area (Å²) in [5, 5.41) is 3.29. The van der Waals surface area contributed by atoms with Gasteiger partial charge >= 0.3 is 0 Å². The van der Waals surface area contributed by atoms with E-state index >= 15 is 0 Å². The quantitative estimate of drug-likeness (QED) is 0.904. The van der Waals surface area contributed by atoms with E-state index in [4.69, 9.17) is 4.74 Å². The van der Waals surface area contributed by atoms with Crippen LogP contribution in [0.5, 0.6) is 0 Å². The summed E-state index contributed by atoms with van der Waals surface area (Å²) in [5.74, 6) is 0.411. The van der Waals surface area contributed by atoms with Crippen molar-refractivity contribution < 1.29 is 9.53 Å². The summed E-state index contributed by atoms with van der Waals surface area (Å²) in [6.07, 6.45) is 0.923. The highest BCUT2D eigenvalue weighted by molar-refractivity contribution is 5.80. The molecular formula is C17H24N2O2. The van der Waals surface area contributed by atoms with E-state index in [-0.39, 0.29) is 30.0 Å². The molecule has 1 N–H and O–H groups in total. The highest BCUT2D eigenvalue weighted by Gasteiger charge is 2.39. The third kappa shape index (κ3) is 2.83. The van der Waals surface area contributed by atoms with Crippen molar-refractivity contribution >= 4 is 5.91 Å². The summed E-state index contributed by atoms with van der Waals surface area (Å²) < 4.78 is 6.02. The van der Waals surface area contributed by atoms with Crippen LogP contribution in [0.15, 0.2) is 30.3 Å². The second-order valence-corrected chi connectivity index (χ2v) is 6.19. The molecule has 0 unspecified atom stereocenters. The molecule has 2 saturated heterocycles. The minimum atomic E-state index is -0.0271. The minimum absolute atomic E-state index is 0.0271. The van der Waals surface area contributed by atoms with E-state index in [0.29, 0.717) is 6.61 Å². The van der Waals surface area contributed by atoms with E-state index in [1.165, 1.54) is 0 Å². The summed E-state index contributed by atoms with van der Waals surface area (Å²) in [6.45, 7) is 6.55. The normalized spacial score (nSPS) is 33.1. The van der Waals surface area contributed by atoms with Gasteiger partial charge in [0, 0.05) is 6.54 Å². The van der Waals surface area contributed by atoms with Crippen molar-refractivity contribution in [2.45, 2.75) is 38.5 Å². The van der Waals surface area contributed by atoms with Crippen molar-refractivity contribution in [1.29, 1.82) is 0 Å². The van der Waals surface area contributed by atoms with Gasteiger partial charge in [-0.2, -0.15) is 0 Å². The Balaban J connectivity index is 1.80. The van der Waals surface area contributed by atoms with Crippen LogP contribution in [-0.2, 0) is 9.53 Å². The molecule has 2 aliphatic rings. The molecule has 4 nitrogen and oxygen atoms in total. The van der Waals surface area contributed by atoms with Crippen LogP contribution in [0.2, 0.25) is 0 Å². The summed E-state index contributed by atoms with van der Waals surface area (Å²) in [6, 6.07) is 10.4. The average Bonchev–Trinajstić information content (AvgIpc) is 3.02. The largest absolute Gasteiger partial charge is 0.369 e. The van der Waals surface area contributed by atoms with E-state index in [2.05, 4.69) is 36.2 Å². The lowest BCUT2D eigenvalue weighted by atomic mass is 9.96. The smallest absolute Gasteiger partial charge is 0.227 e. The number of nitrogens with one attached hydrogen (secondary N) is 1. The lowest BCUT2D eigenvalue weighted by molar-refractivity contribution is -0.156. The first kappa shape index (κ1) is 14.5. The number of nitrogens with zero attached hydrogens (tertiary/aromatic N) is 1. The molecular weight excluding hydrogens is 264 g/mol. The van der Waals surface area contributed by atoms with Gasteiger partial charge in [0.2, 0.25) is 5.91 Å². The summed E-state index contributed by atoms with van der Waals surface area (Å²) >= 11 is 0. The van der Waals surface area contributed by atoms with Crippen molar-refractivity contribution in [2.24, 2.45) is 5.92 Å². The molecule has 0 spiro atoms. The zero-order chi connectivity index (χ0) is 14.8. The van der Waals surface area contributed by atoms with Gasteiger partial charge in [0.1, 0.15) is 6.10 Å². The number of morpholine rings is 1. The molecule has 0 saturated carbocycles. The zero-order valence-corrected chi connectivity index (χ0v) is 12.8. The number of rotatable bonds is 2. The fourth-order valence-electron chi connectivity index (χ4n) is 3.52. The Morgan fingerprint density at radius 2 is 2.05 bits per heavy atom. The molecule has 2 fully saturated rings. The summed E-state index contributed by atoms with van der Waals surface area (Å²) in [5.41, 5.74) is 1.15. The molecule has 1 aromatic carbocycles. The van der Waals surface area contributed by atoms with Gasteiger partial charge in [0.05, 0.1) is 24.6 Å². The number of carbonyl (C=O) groups excluding carboxylic acids is 1. The van der Waals surface area contributed by atoms with Crippen LogP contribution >= 0.6 is 0 Å². The van der Waals surface area contributed by atoms with E-state index in [0.717, 1.165) is 25.1 Å². The van der Waals surface area contributed by atoms with Crippen molar-refractivity contribution in [3.05, 3.63) is 35.9 Å². The van der Waals surface area contributed by atoms with Gasteiger partial charge in [-0.15, -0.1) is 0 Å². The monoisotopic (exact) mass is 288 g/mol. The molecule has 2 aliphatic heterocycles. The van der Waals surface area contributed by atoms with Gasteiger partial charge < -0.3 is 15.0 Å². The van der Waals surface area contributed by atoms with Crippen LogP contribution in [0.25, 0.3) is 0 Å². The van der Waals surface area contributed by atoms with Crippen molar-refractivity contribution in [1.82, 2.24) is 10.2 Å². The van der Waals surface area contributed by atoms with Gasteiger partial charge in [-0.25, -0.2) is 0 Å². The maximum atomic E-state index is 12.8. The van der Waals surface area contributed by atoms with E-state index in [9.17, 15) is 4.79 Å². The Hall–Kier alpha value is -1.39. The van der Waals surface area contributed by atoms with Crippen LogP contribution in [0.4, 0.5) is 0 Å². The lowest BCUT2D eigenvalue weighted by Crippen LogP contribution is -2.55. The highest BCUT2D eigenvalue weighted by Crippen LogP contribution is 2.32. The number of ether oxygens (including phenoxy) is 1. The second kappa shape index (κ2) is 6.16. The third-order valence-electron chi connectivity index (χ3n) is 4.66. The Labute approximate surface area is 126 Å². The van der Waals surface area contributed by atoms with Gasteiger partial charge in [0.25, 0.3) is 0 Å². The molecule has 114 valence electrons. The predicted octanol–water partition coefficient (Wildman–Crippen LogP) is 1.97. The Kier molecular flexibility index (Phi) is 4.27. The van der Waals surface area contributed by atoms with Crippen molar-refractivity contribution in [2.75, 3.05) is 19.7 Å². The first-order valence-electron chi connectivity index (χ1n) is 7.88. The van der Waals surface area contributed by atoms with Gasteiger partial charge in [-0.1, -0.05) is 30.3 Å². The second-order valence-electron chi connectivity index (χ2n) is 6.19. The highest BCUT2D eigenvalue weighted by atomic mass is 16.5. The number of hydrogen-bond donors (Lipinski definition) is 1. The van der Waals surface area contributed by atoms with Gasteiger partial charge in [-0.3, -0.25) is 4.79 Å². The maximum absolute atomic E-state index is 12.8. The Morgan fingerprint density at radius 1 is 1.29 bits per heavy atom. The van der Waals surface area contributed by atoms with Crippen LogP contribution in [0, 0.1) is 5.92 Å². The molecule has 21 heavy (non-hydrogen) atoms. The SMILES string of the molecule is C[C@@H]1CO[C@H](c2ccccc2)[C@@H](C)N1C(=O)[C@H]1CCNC1. The van der Waals surface area contributed by atoms with E-state index < -0.39 is 0 Å². The first-order chi connectivity index (χ1) is 10.2. The standard InChI is InChI=1S/C17H24N2O2/c1-12-11-21-16(14-6-4-3-5-7-14)13(2)19(12)17(20)15-8-9-18-10-15/h3-7,12-13,15-16,18H,8-11H2,1-2H3/t12-,13-,15+,16+/m1/s1. The van der Waals surface area contributed by atoms with Gasteiger partial charge in [-0.05, 0) is 32.4 Å².